The van der Waals surface area contributed by atoms with E-state index in [1.54, 1.807) is 0 Å². The summed E-state index contributed by atoms with van der Waals surface area (Å²) in [5, 5.41) is 4.54. The number of nitrogens with zero attached hydrogens (tertiary/aromatic N) is 2. The van der Waals surface area contributed by atoms with Crippen LogP contribution in [0.2, 0.25) is 0 Å². The molecule has 17 heavy (non-hydrogen) atoms. The smallest absolute Gasteiger partial charge is 0.0743 e. The second kappa shape index (κ2) is 4.63. The van der Waals surface area contributed by atoms with Gasteiger partial charge in [-0.15, -0.1) is 0 Å². The van der Waals surface area contributed by atoms with Crippen LogP contribution in [0, 0.1) is 20.8 Å². The lowest BCUT2D eigenvalue weighted by molar-refractivity contribution is 0.816. The lowest BCUT2D eigenvalue weighted by Crippen LogP contribution is -2.07. The molecule has 1 aromatic carbocycles. The third-order valence-electron chi connectivity index (χ3n) is 2.89. The third kappa shape index (κ3) is 2.15. The third-order valence-corrected chi connectivity index (χ3v) is 4.04. The highest BCUT2D eigenvalue weighted by Gasteiger charge is 2.12. The molecule has 0 unspecified atom stereocenters. The molecule has 2 N–H and O–H groups in total. The van der Waals surface area contributed by atoms with E-state index < -0.39 is 0 Å². The highest BCUT2D eigenvalue weighted by atomic mass is 79.9. The van der Waals surface area contributed by atoms with E-state index in [0.717, 1.165) is 27.1 Å². The summed E-state index contributed by atoms with van der Waals surface area (Å²) in [6.07, 6.45) is 0. The molecule has 0 saturated carbocycles. The molecule has 0 fully saturated rings. The van der Waals surface area contributed by atoms with Gasteiger partial charge < -0.3 is 5.73 Å². The van der Waals surface area contributed by atoms with Gasteiger partial charge in [-0.05, 0) is 53.9 Å². The van der Waals surface area contributed by atoms with Gasteiger partial charge in [-0.25, -0.2) is 4.68 Å². The standard InChI is InChI=1S/C13H16BrN3/c1-8-4-5-11(7-15)12(6-8)17-10(3)13(14)9(2)16-17/h4-6H,7,15H2,1-3H3. The Labute approximate surface area is 110 Å². The van der Waals surface area contributed by atoms with E-state index >= 15 is 0 Å². The molecule has 1 aromatic heterocycles. The monoisotopic (exact) mass is 293 g/mol. The van der Waals surface area contributed by atoms with E-state index in [4.69, 9.17) is 5.73 Å². The van der Waals surface area contributed by atoms with Crippen molar-refractivity contribution < 1.29 is 0 Å². The Bertz CT molecular complexity index is 558. The summed E-state index contributed by atoms with van der Waals surface area (Å²) in [7, 11) is 0. The zero-order valence-corrected chi connectivity index (χ0v) is 11.9. The van der Waals surface area contributed by atoms with Crippen molar-refractivity contribution in [2.45, 2.75) is 27.3 Å². The van der Waals surface area contributed by atoms with E-state index in [0.29, 0.717) is 6.54 Å². The average molecular weight is 294 g/mol. The van der Waals surface area contributed by atoms with Crippen LogP contribution in [0.25, 0.3) is 5.69 Å². The molecule has 0 radical (unpaired) electrons. The molecule has 3 nitrogen and oxygen atoms in total. The van der Waals surface area contributed by atoms with E-state index in [1.165, 1.54) is 5.56 Å². The minimum Gasteiger partial charge on any atom is -0.326 e. The van der Waals surface area contributed by atoms with Crippen LogP contribution in [0.3, 0.4) is 0 Å². The Morgan fingerprint density at radius 3 is 2.53 bits per heavy atom. The summed E-state index contributed by atoms with van der Waals surface area (Å²) >= 11 is 3.55. The summed E-state index contributed by atoms with van der Waals surface area (Å²) in [6.45, 7) is 6.63. The molecule has 90 valence electrons. The minimum absolute atomic E-state index is 0.519. The van der Waals surface area contributed by atoms with Crippen molar-refractivity contribution in [3.05, 3.63) is 45.2 Å². The van der Waals surface area contributed by atoms with Crippen molar-refractivity contribution in [1.29, 1.82) is 0 Å². The Hall–Kier alpha value is -1.13. The second-order valence-corrected chi connectivity index (χ2v) is 5.03. The van der Waals surface area contributed by atoms with Crippen molar-refractivity contribution in [1.82, 2.24) is 9.78 Å². The maximum absolute atomic E-state index is 5.78. The predicted molar refractivity (Wildman–Crippen MR) is 73.4 cm³/mol. The Morgan fingerprint density at radius 1 is 1.29 bits per heavy atom. The van der Waals surface area contributed by atoms with Crippen LogP contribution < -0.4 is 5.73 Å². The van der Waals surface area contributed by atoms with Crippen molar-refractivity contribution in [2.24, 2.45) is 5.73 Å². The molecule has 0 aliphatic rings. The molecule has 2 aromatic rings. The van der Waals surface area contributed by atoms with Gasteiger partial charge in [0.1, 0.15) is 0 Å². The van der Waals surface area contributed by atoms with Gasteiger partial charge in [-0.1, -0.05) is 12.1 Å². The van der Waals surface area contributed by atoms with Gasteiger partial charge >= 0.3 is 0 Å². The first kappa shape index (κ1) is 12.3. The number of hydrogen-bond acceptors (Lipinski definition) is 2. The molecule has 0 amide bonds. The lowest BCUT2D eigenvalue weighted by Gasteiger charge is -2.10. The molecule has 0 aliphatic carbocycles. The first-order valence-corrected chi connectivity index (χ1v) is 6.35. The number of aryl methyl sites for hydroxylation is 2. The molecular weight excluding hydrogens is 278 g/mol. The molecule has 0 spiro atoms. The summed E-state index contributed by atoms with van der Waals surface area (Å²) in [5.74, 6) is 0. The summed E-state index contributed by atoms with van der Waals surface area (Å²) in [5.41, 5.74) is 11.3. The van der Waals surface area contributed by atoms with Crippen molar-refractivity contribution in [3.8, 4) is 5.69 Å². The molecule has 0 aliphatic heterocycles. The van der Waals surface area contributed by atoms with Gasteiger partial charge in [0.25, 0.3) is 0 Å². The molecular formula is C13H16BrN3. The quantitative estimate of drug-likeness (QED) is 0.925. The fraction of sp³-hybridized carbons (Fsp3) is 0.308. The average Bonchev–Trinajstić information content (AvgIpc) is 2.57. The fourth-order valence-electron chi connectivity index (χ4n) is 1.90. The van der Waals surface area contributed by atoms with Crippen molar-refractivity contribution >= 4 is 15.9 Å². The van der Waals surface area contributed by atoms with E-state index in [2.05, 4.69) is 46.2 Å². The van der Waals surface area contributed by atoms with Gasteiger partial charge in [0, 0.05) is 6.54 Å². The van der Waals surface area contributed by atoms with Gasteiger partial charge in [-0.2, -0.15) is 5.10 Å². The Balaban J connectivity index is 2.67. The highest BCUT2D eigenvalue weighted by molar-refractivity contribution is 9.10. The Kier molecular flexibility index (Phi) is 3.35. The molecule has 1 heterocycles. The number of benzene rings is 1. The van der Waals surface area contributed by atoms with Crippen LogP contribution in [-0.2, 0) is 6.54 Å². The fourth-order valence-corrected chi connectivity index (χ4v) is 2.15. The van der Waals surface area contributed by atoms with E-state index in [1.807, 2.05) is 18.5 Å². The summed E-state index contributed by atoms with van der Waals surface area (Å²) in [4.78, 5) is 0. The van der Waals surface area contributed by atoms with Gasteiger partial charge in [0.05, 0.1) is 21.5 Å². The maximum atomic E-state index is 5.78. The largest absolute Gasteiger partial charge is 0.326 e. The predicted octanol–water partition coefficient (Wildman–Crippen LogP) is 3.02. The van der Waals surface area contributed by atoms with Gasteiger partial charge in [0.15, 0.2) is 0 Å². The van der Waals surface area contributed by atoms with Gasteiger partial charge in [0.2, 0.25) is 0 Å². The van der Waals surface area contributed by atoms with Crippen LogP contribution >= 0.6 is 15.9 Å². The molecule has 0 bridgehead atoms. The van der Waals surface area contributed by atoms with E-state index in [-0.39, 0.29) is 0 Å². The number of hydrogen-bond donors (Lipinski definition) is 1. The van der Waals surface area contributed by atoms with Crippen molar-refractivity contribution in [3.63, 3.8) is 0 Å². The van der Waals surface area contributed by atoms with Crippen LogP contribution in [0.5, 0.6) is 0 Å². The first-order chi connectivity index (χ1) is 8.04. The maximum Gasteiger partial charge on any atom is 0.0743 e. The topological polar surface area (TPSA) is 43.8 Å². The van der Waals surface area contributed by atoms with Crippen LogP contribution in [0.15, 0.2) is 22.7 Å². The molecule has 4 heteroatoms. The zero-order valence-electron chi connectivity index (χ0n) is 10.3. The van der Waals surface area contributed by atoms with E-state index in [9.17, 15) is 0 Å². The highest BCUT2D eigenvalue weighted by Crippen LogP contribution is 2.25. The first-order valence-electron chi connectivity index (χ1n) is 5.56. The normalized spacial score (nSPS) is 10.9. The number of aromatic nitrogens is 2. The second-order valence-electron chi connectivity index (χ2n) is 4.23. The minimum atomic E-state index is 0.519. The number of rotatable bonds is 2. The van der Waals surface area contributed by atoms with Crippen LogP contribution in [0.1, 0.15) is 22.5 Å². The number of halogens is 1. The summed E-state index contributed by atoms with van der Waals surface area (Å²) in [6, 6.07) is 6.26. The summed E-state index contributed by atoms with van der Waals surface area (Å²) < 4.78 is 3.01. The van der Waals surface area contributed by atoms with Crippen LogP contribution in [-0.4, -0.2) is 9.78 Å². The lowest BCUT2D eigenvalue weighted by atomic mass is 10.1. The van der Waals surface area contributed by atoms with Crippen molar-refractivity contribution in [2.75, 3.05) is 0 Å². The molecule has 0 saturated heterocycles. The SMILES string of the molecule is Cc1ccc(CN)c(-n2nc(C)c(Br)c2C)c1. The molecule has 2 rings (SSSR count). The zero-order chi connectivity index (χ0) is 12.6. The van der Waals surface area contributed by atoms with Crippen LogP contribution in [0.4, 0.5) is 0 Å². The Morgan fingerprint density at radius 2 is 2.00 bits per heavy atom. The number of nitrogens with two attached hydrogens (primary N) is 1. The molecule has 0 atom stereocenters. The van der Waals surface area contributed by atoms with Gasteiger partial charge in [-0.3, -0.25) is 0 Å².